The van der Waals surface area contributed by atoms with Gasteiger partial charge in [0, 0.05) is 17.0 Å². The van der Waals surface area contributed by atoms with Gasteiger partial charge in [0.2, 0.25) is 0 Å². The van der Waals surface area contributed by atoms with Gasteiger partial charge in [0.25, 0.3) is 0 Å². The molecule has 0 amide bonds. The molecule has 0 aromatic carbocycles. The van der Waals surface area contributed by atoms with Crippen molar-refractivity contribution < 1.29 is 9.90 Å². The van der Waals surface area contributed by atoms with E-state index in [1.165, 1.54) is 11.3 Å². The summed E-state index contributed by atoms with van der Waals surface area (Å²) >= 11 is 2.88. The zero-order valence-electron chi connectivity index (χ0n) is 10.5. The Kier molecular flexibility index (Phi) is 3.83. The Morgan fingerprint density at radius 1 is 1.53 bits per heavy atom. The lowest BCUT2D eigenvalue weighted by molar-refractivity contribution is -0.138. The molecule has 0 aliphatic heterocycles. The number of carboxylic acid groups (broad SMARTS) is 1. The number of hydrogen-bond acceptors (Lipinski definition) is 7. The predicted octanol–water partition coefficient (Wildman–Crippen LogP) is 2.03. The number of hydrogen-bond donors (Lipinski definition) is 3. The number of nitrogens with zero attached hydrogens (tertiary/aromatic N) is 2. The van der Waals surface area contributed by atoms with Crippen molar-refractivity contribution in [2.45, 2.75) is 25.4 Å². The van der Waals surface area contributed by atoms with Gasteiger partial charge in [-0.15, -0.1) is 22.7 Å². The van der Waals surface area contributed by atoms with Gasteiger partial charge in [-0.3, -0.25) is 4.79 Å². The molecule has 0 bridgehead atoms. The van der Waals surface area contributed by atoms with Crippen LogP contribution in [0.3, 0.4) is 0 Å². The quantitative estimate of drug-likeness (QED) is 0.780. The molecule has 0 aliphatic rings. The summed E-state index contributed by atoms with van der Waals surface area (Å²) in [4.78, 5) is 19.3. The molecule has 1 unspecified atom stereocenters. The number of carbonyl (C=O) groups is 1. The van der Waals surface area contributed by atoms with E-state index in [9.17, 15) is 4.79 Å². The maximum absolute atomic E-state index is 10.8. The number of thiazole rings is 2. The monoisotopic (exact) mass is 298 g/mol. The first-order chi connectivity index (χ1) is 8.90. The van der Waals surface area contributed by atoms with Crippen molar-refractivity contribution >= 4 is 33.8 Å². The Labute approximate surface area is 118 Å². The number of rotatable bonds is 5. The molecule has 2 aromatic rings. The van der Waals surface area contributed by atoms with Gasteiger partial charge >= 0.3 is 5.97 Å². The first kappa shape index (κ1) is 13.9. The van der Waals surface area contributed by atoms with E-state index in [2.05, 4.69) is 15.3 Å². The second kappa shape index (κ2) is 5.24. The molecule has 0 aliphatic carbocycles. The molecule has 2 rings (SSSR count). The second-order valence-electron chi connectivity index (χ2n) is 4.48. The first-order valence-electron chi connectivity index (χ1n) is 5.52. The van der Waals surface area contributed by atoms with Crippen LogP contribution in [0.2, 0.25) is 0 Å². The van der Waals surface area contributed by atoms with E-state index in [0.717, 1.165) is 5.01 Å². The van der Waals surface area contributed by atoms with E-state index in [1.807, 2.05) is 19.2 Å². The van der Waals surface area contributed by atoms with Crippen LogP contribution in [0.5, 0.6) is 0 Å². The molecule has 4 N–H and O–H groups in total. The van der Waals surface area contributed by atoms with E-state index in [4.69, 9.17) is 10.8 Å². The Hall–Kier alpha value is -1.51. The molecule has 8 heteroatoms. The van der Waals surface area contributed by atoms with Crippen molar-refractivity contribution in [3.05, 3.63) is 27.7 Å². The van der Waals surface area contributed by atoms with Crippen LogP contribution in [0.25, 0.3) is 0 Å². The Balaban J connectivity index is 2.14. The van der Waals surface area contributed by atoms with E-state index in [-0.39, 0.29) is 5.54 Å². The predicted molar refractivity (Wildman–Crippen MR) is 75.4 cm³/mol. The molecule has 2 aromatic heterocycles. The van der Waals surface area contributed by atoms with Gasteiger partial charge in [0.15, 0.2) is 5.13 Å². The maximum Gasteiger partial charge on any atom is 0.326 e. The maximum atomic E-state index is 10.8. The lowest BCUT2D eigenvalue weighted by Gasteiger charge is -2.23. The SMILES string of the molecule is CC(C)(Nc1nc(C(N)C(=O)O)cs1)c1nccs1. The standard InChI is InChI=1S/C11H14N4O2S2/c1-11(2,9-13-3-4-18-9)15-10-14-6(5-19-10)7(12)8(16)17/h3-5,7H,12H2,1-2H3,(H,14,15)(H,16,17). The van der Waals surface area contributed by atoms with Gasteiger partial charge in [0.1, 0.15) is 11.0 Å². The van der Waals surface area contributed by atoms with E-state index in [1.54, 1.807) is 22.9 Å². The van der Waals surface area contributed by atoms with E-state index >= 15 is 0 Å². The highest BCUT2D eigenvalue weighted by Gasteiger charge is 2.25. The van der Waals surface area contributed by atoms with Gasteiger partial charge in [-0.25, -0.2) is 9.97 Å². The molecule has 0 fully saturated rings. The van der Waals surface area contributed by atoms with Crippen molar-refractivity contribution in [3.63, 3.8) is 0 Å². The highest BCUT2D eigenvalue weighted by molar-refractivity contribution is 7.13. The van der Waals surface area contributed by atoms with Crippen LogP contribution in [-0.4, -0.2) is 21.0 Å². The topological polar surface area (TPSA) is 101 Å². The number of nitrogens with two attached hydrogens (primary N) is 1. The minimum absolute atomic E-state index is 0.356. The highest BCUT2D eigenvalue weighted by atomic mass is 32.1. The molecule has 102 valence electrons. The fraction of sp³-hybridized carbons (Fsp3) is 0.364. The van der Waals surface area contributed by atoms with Crippen molar-refractivity contribution in [3.8, 4) is 0 Å². The average molecular weight is 298 g/mol. The Bertz CT molecular complexity index is 565. The summed E-state index contributed by atoms with van der Waals surface area (Å²) in [5.74, 6) is -1.09. The molecular formula is C11H14N4O2S2. The zero-order chi connectivity index (χ0) is 14.0. The summed E-state index contributed by atoms with van der Waals surface area (Å²) in [6.45, 7) is 3.98. The zero-order valence-corrected chi connectivity index (χ0v) is 12.1. The van der Waals surface area contributed by atoms with Crippen LogP contribution in [0.1, 0.15) is 30.6 Å². The summed E-state index contributed by atoms with van der Waals surface area (Å²) < 4.78 is 0. The summed E-state index contributed by atoms with van der Waals surface area (Å²) in [6.07, 6.45) is 1.75. The number of aromatic nitrogens is 2. The number of carboxylic acids is 1. The third-order valence-electron chi connectivity index (χ3n) is 2.49. The van der Waals surface area contributed by atoms with Gasteiger partial charge in [-0.2, -0.15) is 0 Å². The summed E-state index contributed by atoms with van der Waals surface area (Å²) in [6, 6.07) is -1.09. The van der Waals surface area contributed by atoms with Crippen LogP contribution < -0.4 is 11.1 Å². The molecule has 0 spiro atoms. The normalized spacial score (nSPS) is 13.2. The molecule has 0 saturated carbocycles. The summed E-state index contributed by atoms with van der Waals surface area (Å²) in [5, 5.41) is 17.2. The van der Waals surface area contributed by atoms with Crippen molar-refractivity contribution in [2.24, 2.45) is 5.73 Å². The minimum atomic E-state index is -1.09. The summed E-state index contributed by atoms with van der Waals surface area (Å²) in [5.41, 5.74) is 5.51. The van der Waals surface area contributed by atoms with E-state index in [0.29, 0.717) is 10.8 Å². The second-order valence-corrected chi connectivity index (χ2v) is 6.23. The third kappa shape index (κ3) is 3.09. The van der Waals surface area contributed by atoms with E-state index < -0.39 is 12.0 Å². The minimum Gasteiger partial charge on any atom is -0.480 e. The summed E-state index contributed by atoms with van der Waals surface area (Å²) in [7, 11) is 0. The first-order valence-corrected chi connectivity index (χ1v) is 7.28. The van der Waals surface area contributed by atoms with Crippen molar-refractivity contribution in [1.82, 2.24) is 9.97 Å². The lowest BCUT2D eigenvalue weighted by Crippen LogP contribution is -2.28. The average Bonchev–Trinajstić information content (AvgIpc) is 2.97. The molecule has 2 heterocycles. The number of aliphatic carboxylic acids is 1. The van der Waals surface area contributed by atoms with Gasteiger partial charge in [-0.05, 0) is 13.8 Å². The largest absolute Gasteiger partial charge is 0.480 e. The lowest BCUT2D eigenvalue weighted by atomic mass is 10.1. The highest BCUT2D eigenvalue weighted by Crippen LogP contribution is 2.29. The fourth-order valence-electron chi connectivity index (χ4n) is 1.47. The van der Waals surface area contributed by atoms with Gasteiger partial charge in [-0.1, -0.05) is 0 Å². The Morgan fingerprint density at radius 2 is 2.26 bits per heavy atom. The van der Waals surface area contributed by atoms with Crippen LogP contribution in [-0.2, 0) is 10.3 Å². The molecule has 19 heavy (non-hydrogen) atoms. The van der Waals surface area contributed by atoms with Gasteiger partial charge in [0.05, 0.1) is 11.2 Å². The number of nitrogens with one attached hydrogen (secondary N) is 1. The van der Waals surface area contributed by atoms with Crippen molar-refractivity contribution in [1.29, 1.82) is 0 Å². The van der Waals surface area contributed by atoms with Gasteiger partial charge < -0.3 is 16.2 Å². The molecule has 6 nitrogen and oxygen atoms in total. The number of anilines is 1. The third-order valence-corrected chi connectivity index (χ3v) is 4.37. The molecule has 0 saturated heterocycles. The Morgan fingerprint density at radius 3 is 2.84 bits per heavy atom. The van der Waals surface area contributed by atoms with Crippen molar-refractivity contribution in [2.75, 3.05) is 5.32 Å². The van der Waals surface area contributed by atoms with Crippen LogP contribution in [0, 0.1) is 0 Å². The molecule has 0 radical (unpaired) electrons. The van der Waals surface area contributed by atoms with Crippen LogP contribution in [0.15, 0.2) is 17.0 Å². The van der Waals surface area contributed by atoms with Crippen LogP contribution in [0.4, 0.5) is 5.13 Å². The van der Waals surface area contributed by atoms with Crippen LogP contribution >= 0.6 is 22.7 Å². The molecular weight excluding hydrogens is 284 g/mol. The smallest absolute Gasteiger partial charge is 0.326 e. The molecule has 1 atom stereocenters. The fourth-order valence-corrected chi connectivity index (χ4v) is 3.09.